The summed E-state index contributed by atoms with van der Waals surface area (Å²) in [7, 11) is 0. The number of benzene rings is 1. The second-order valence-electron chi connectivity index (χ2n) is 2.64. The number of hydrogen-bond acceptors (Lipinski definition) is 2. The summed E-state index contributed by atoms with van der Waals surface area (Å²) in [5, 5.41) is -0.357. The molecule has 14 heavy (non-hydrogen) atoms. The van der Waals surface area contributed by atoms with Crippen molar-refractivity contribution >= 4 is 29.2 Å². The summed E-state index contributed by atoms with van der Waals surface area (Å²) in [6.45, 7) is 2.04. The third kappa shape index (κ3) is 2.63. The molecule has 2 nitrogen and oxygen atoms in total. The maximum atomic E-state index is 11.3. The van der Waals surface area contributed by atoms with Gasteiger partial charge in [-0.1, -0.05) is 29.8 Å². The summed E-state index contributed by atoms with van der Waals surface area (Å²) in [5.74, 6) is -0.470. The van der Waals surface area contributed by atoms with Gasteiger partial charge in [0.05, 0.1) is 6.61 Å². The number of carbonyl (C=O) groups excluding carboxylic acids is 1. The summed E-state index contributed by atoms with van der Waals surface area (Å²) in [6.07, 6.45) is 0. The van der Waals surface area contributed by atoms with Crippen molar-refractivity contribution in [2.45, 2.75) is 12.3 Å². The van der Waals surface area contributed by atoms with Gasteiger partial charge in [0, 0.05) is 5.02 Å². The summed E-state index contributed by atoms with van der Waals surface area (Å²) >= 11 is 11.8. The lowest BCUT2D eigenvalue weighted by atomic mass is 10.1. The summed E-state index contributed by atoms with van der Waals surface area (Å²) < 4.78 is 4.78. The average molecular weight is 233 g/mol. The van der Waals surface area contributed by atoms with Crippen LogP contribution in [0.1, 0.15) is 17.9 Å². The van der Waals surface area contributed by atoms with E-state index in [1.54, 1.807) is 31.2 Å². The van der Waals surface area contributed by atoms with Gasteiger partial charge in [-0.3, -0.25) is 4.79 Å². The van der Waals surface area contributed by atoms with E-state index in [4.69, 9.17) is 27.9 Å². The smallest absolute Gasteiger partial charge is 0.328 e. The molecule has 1 atom stereocenters. The van der Waals surface area contributed by atoms with Crippen LogP contribution in [0.5, 0.6) is 0 Å². The van der Waals surface area contributed by atoms with Crippen molar-refractivity contribution in [1.82, 2.24) is 0 Å². The maximum absolute atomic E-state index is 11.3. The van der Waals surface area contributed by atoms with Gasteiger partial charge in [-0.2, -0.15) is 0 Å². The van der Waals surface area contributed by atoms with Gasteiger partial charge in [-0.05, 0) is 18.6 Å². The van der Waals surface area contributed by atoms with Gasteiger partial charge in [-0.25, -0.2) is 0 Å². The van der Waals surface area contributed by atoms with E-state index in [-0.39, 0.29) is 0 Å². The Bertz CT molecular complexity index is 326. The zero-order chi connectivity index (χ0) is 10.6. The standard InChI is InChI=1S/C10H10Cl2O2/c1-2-14-10(13)9(12)7-5-3-4-6-8(7)11/h3-6,9H,2H2,1H3. The molecule has 0 heterocycles. The molecule has 4 heteroatoms. The Kier molecular flexibility index (Phi) is 4.23. The average Bonchev–Trinajstić information content (AvgIpc) is 2.18. The minimum Gasteiger partial charge on any atom is -0.465 e. The number of halogens is 2. The van der Waals surface area contributed by atoms with Crippen LogP contribution in [0, 0.1) is 0 Å². The molecular formula is C10H10Cl2O2. The highest BCUT2D eigenvalue weighted by Crippen LogP contribution is 2.28. The summed E-state index contributed by atoms with van der Waals surface area (Å²) in [6, 6.07) is 6.94. The predicted molar refractivity (Wildman–Crippen MR) is 56.7 cm³/mol. The van der Waals surface area contributed by atoms with Crippen LogP contribution in [0.25, 0.3) is 0 Å². The molecule has 0 amide bonds. The highest BCUT2D eigenvalue weighted by Gasteiger charge is 2.20. The Labute approximate surface area is 92.8 Å². The first kappa shape index (κ1) is 11.3. The molecule has 0 bridgehead atoms. The lowest BCUT2D eigenvalue weighted by molar-refractivity contribution is -0.142. The molecule has 0 spiro atoms. The Balaban J connectivity index is 2.84. The first-order chi connectivity index (χ1) is 6.66. The van der Waals surface area contributed by atoms with Crippen molar-refractivity contribution in [3.63, 3.8) is 0 Å². The van der Waals surface area contributed by atoms with Gasteiger partial charge >= 0.3 is 5.97 Å². The number of alkyl halides is 1. The number of esters is 1. The Morgan fingerprint density at radius 2 is 2.14 bits per heavy atom. The number of hydrogen-bond donors (Lipinski definition) is 0. The molecule has 1 aromatic carbocycles. The van der Waals surface area contributed by atoms with Crippen LogP contribution in [0.4, 0.5) is 0 Å². The first-order valence-electron chi connectivity index (χ1n) is 4.22. The monoisotopic (exact) mass is 232 g/mol. The zero-order valence-corrected chi connectivity index (χ0v) is 9.18. The van der Waals surface area contributed by atoms with Crippen LogP contribution in [-0.2, 0) is 9.53 Å². The van der Waals surface area contributed by atoms with Crippen molar-refractivity contribution in [3.8, 4) is 0 Å². The van der Waals surface area contributed by atoms with Crippen molar-refractivity contribution in [3.05, 3.63) is 34.9 Å². The van der Waals surface area contributed by atoms with Crippen LogP contribution in [0.2, 0.25) is 5.02 Å². The molecule has 0 saturated heterocycles. The highest BCUT2D eigenvalue weighted by atomic mass is 35.5. The first-order valence-corrected chi connectivity index (χ1v) is 5.03. The molecule has 0 aliphatic rings. The van der Waals surface area contributed by atoms with E-state index in [2.05, 4.69) is 0 Å². The predicted octanol–water partition coefficient (Wildman–Crippen LogP) is 3.18. The van der Waals surface area contributed by atoms with Crippen LogP contribution in [-0.4, -0.2) is 12.6 Å². The fraction of sp³-hybridized carbons (Fsp3) is 0.300. The van der Waals surface area contributed by atoms with E-state index >= 15 is 0 Å². The second kappa shape index (κ2) is 5.23. The molecule has 0 radical (unpaired) electrons. The van der Waals surface area contributed by atoms with Crippen LogP contribution in [0.15, 0.2) is 24.3 Å². The van der Waals surface area contributed by atoms with E-state index in [1.165, 1.54) is 0 Å². The Morgan fingerprint density at radius 3 is 2.71 bits per heavy atom. The molecule has 0 saturated carbocycles. The van der Waals surface area contributed by atoms with Gasteiger partial charge < -0.3 is 4.74 Å². The molecule has 0 aliphatic heterocycles. The third-order valence-corrected chi connectivity index (χ3v) is 2.43. The van der Waals surface area contributed by atoms with Crippen molar-refractivity contribution < 1.29 is 9.53 Å². The molecule has 76 valence electrons. The largest absolute Gasteiger partial charge is 0.465 e. The van der Waals surface area contributed by atoms with Gasteiger partial charge in [0.2, 0.25) is 0 Å². The molecule has 1 aromatic rings. The van der Waals surface area contributed by atoms with Crippen LogP contribution >= 0.6 is 23.2 Å². The molecule has 1 unspecified atom stereocenters. The second-order valence-corrected chi connectivity index (χ2v) is 3.48. The SMILES string of the molecule is CCOC(=O)C(Cl)c1ccccc1Cl. The van der Waals surface area contributed by atoms with Gasteiger partial charge in [0.15, 0.2) is 5.38 Å². The third-order valence-electron chi connectivity index (χ3n) is 1.67. The molecule has 0 aromatic heterocycles. The van der Waals surface area contributed by atoms with Gasteiger partial charge in [-0.15, -0.1) is 11.6 Å². The maximum Gasteiger partial charge on any atom is 0.328 e. The van der Waals surface area contributed by atoms with Crippen molar-refractivity contribution in [2.75, 3.05) is 6.61 Å². The Hall–Kier alpha value is -0.730. The molecular weight excluding hydrogens is 223 g/mol. The Morgan fingerprint density at radius 1 is 1.50 bits per heavy atom. The zero-order valence-electron chi connectivity index (χ0n) is 7.67. The van der Waals surface area contributed by atoms with Crippen molar-refractivity contribution in [2.24, 2.45) is 0 Å². The lowest BCUT2D eigenvalue weighted by Crippen LogP contribution is -2.11. The quantitative estimate of drug-likeness (QED) is 0.592. The normalized spacial score (nSPS) is 12.2. The molecule has 0 N–H and O–H groups in total. The number of rotatable bonds is 3. The highest BCUT2D eigenvalue weighted by molar-refractivity contribution is 6.35. The van der Waals surface area contributed by atoms with E-state index in [1.807, 2.05) is 0 Å². The van der Waals surface area contributed by atoms with E-state index in [0.717, 1.165) is 0 Å². The number of carbonyl (C=O) groups is 1. The van der Waals surface area contributed by atoms with E-state index in [0.29, 0.717) is 17.2 Å². The summed E-state index contributed by atoms with van der Waals surface area (Å²) in [4.78, 5) is 11.3. The van der Waals surface area contributed by atoms with Crippen molar-refractivity contribution in [1.29, 1.82) is 0 Å². The molecule has 0 aliphatic carbocycles. The topological polar surface area (TPSA) is 26.3 Å². The van der Waals surface area contributed by atoms with Crippen LogP contribution < -0.4 is 0 Å². The number of ether oxygens (including phenoxy) is 1. The van der Waals surface area contributed by atoms with E-state index in [9.17, 15) is 4.79 Å². The van der Waals surface area contributed by atoms with Crippen LogP contribution in [0.3, 0.4) is 0 Å². The van der Waals surface area contributed by atoms with Gasteiger partial charge in [0.1, 0.15) is 0 Å². The fourth-order valence-electron chi connectivity index (χ4n) is 1.02. The minimum atomic E-state index is -0.830. The summed E-state index contributed by atoms with van der Waals surface area (Å²) in [5.41, 5.74) is 0.578. The lowest BCUT2D eigenvalue weighted by Gasteiger charge is -2.09. The fourth-order valence-corrected chi connectivity index (χ4v) is 1.58. The minimum absolute atomic E-state index is 0.312. The molecule has 1 rings (SSSR count). The van der Waals surface area contributed by atoms with E-state index < -0.39 is 11.3 Å². The molecule has 0 fully saturated rings. The van der Waals surface area contributed by atoms with Gasteiger partial charge in [0.25, 0.3) is 0 Å².